The van der Waals surface area contributed by atoms with E-state index in [1.54, 1.807) is 0 Å². The number of rotatable bonds is 2. The van der Waals surface area contributed by atoms with E-state index in [0.717, 1.165) is 0 Å². The smallest absolute Gasteiger partial charge is 0.872 e. The number of carboxylic acid groups (broad SMARTS) is 2. The van der Waals surface area contributed by atoms with Gasteiger partial charge in [0.2, 0.25) is 0 Å². The third-order valence-corrected chi connectivity index (χ3v) is 1.52. The van der Waals surface area contributed by atoms with Crippen LogP contribution in [0, 0.1) is 0 Å². The maximum Gasteiger partial charge on any atom is 2.00 e. The molecule has 0 saturated carbocycles. The van der Waals surface area contributed by atoms with Crippen LogP contribution in [0.2, 0.25) is 0 Å². The molecule has 10 heteroatoms. The van der Waals surface area contributed by atoms with Crippen LogP contribution in [-0.4, -0.2) is 11.9 Å². The Labute approximate surface area is 126 Å². The molecule has 0 fully saturated rings. The van der Waals surface area contributed by atoms with Gasteiger partial charge in [-0.15, -0.1) is 0 Å². The Morgan fingerprint density at radius 3 is 1.17 bits per heavy atom. The van der Waals surface area contributed by atoms with Crippen molar-refractivity contribution in [2.24, 2.45) is 0 Å². The van der Waals surface area contributed by atoms with Gasteiger partial charge in [0.15, 0.2) is 0 Å². The van der Waals surface area contributed by atoms with Crippen molar-refractivity contribution >= 4 is 11.9 Å². The average molecular weight is 363 g/mol. The van der Waals surface area contributed by atoms with Gasteiger partial charge in [0.05, 0.1) is 11.9 Å². The van der Waals surface area contributed by atoms with Crippen LogP contribution in [0.4, 0.5) is 0 Å². The van der Waals surface area contributed by atoms with Gasteiger partial charge in [0, 0.05) is 0 Å². The predicted octanol–water partition coefficient (Wildman–Crippen LogP) is -5.29. The Bertz CT molecular complexity index is 380. The van der Waals surface area contributed by atoms with Crippen molar-refractivity contribution in [1.29, 1.82) is 0 Å². The van der Waals surface area contributed by atoms with Crippen molar-refractivity contribution in [1.82, 2.24) is 0 Å². The average Bonchev–Trinajstić information content (AvgIpc) is 2.07. The number of carboxylic acids is 2. The summed E-state index contributed by atoms with van der Waals surface area (Å²) in [5.41, 5.74) is -1.72. The van der Waals surface area contributed by atoms with Gasteiger partial charge in [-0.2, -0.15) is 0 Å². The second-order valence-corrected chi connectivity index (χ2v) is 2.42. The summed E-state index contributed by atoms with van der Waals surface area (Å²) >= 11 is 0. The topological polar surface area (TPSA) is 192 Å². The number of aromatic carboxylic acids is 2. The summed E-state index contributed by atoms with van der Waals surface area (Å²) in [6.45, 7) is 0. The fourth-order valence-electron chi connectivity index (χ4n) is 0.879. The molecule has 0 aromatic heterocycles. The first-order valence-electron chi connectivity index (χ1n) is 3.38. The third-order valence-electron chi connectivity index (χ3n) is 1.52. The van der Waals surface area contributed by atoms with E-state index in [1.807, 2.05) is 0 Å². The maximum absolute atomic E-state index is 10.9. The van der Waals surface area contributed by atoms with Gasteiger partial charge in [0.25, 0.3) is 0 Å². The largest absolute Gasteiger partial charge is 2.00 e. The van der Waals surface area contributed by atoms with Crippen LogP contribution in [0.25, 0.3) is 0 Å². The van der Waals surface area contributed by atoms with Crippen molar-refractivity contribution < 1.29 is 79.9 Å². The van der Waals surface area contributed by atoms with Crippen LogP contribution in [0.5, 0.6) is 11.5 Å². The zero-order chi connectivity index (χ0) is 10.9. The first-order chi connectivity index (χ1) is 6.43. The fourth-order valence-corrected chi connectivity index (χ4v) is 0.879. The van der Waals surface area contributed by atoms with Crippen molar-refractivity contribution in [3.63, 3.8) is 0 Å². The summed E-state index contributed by atoms with van der Waals surface area (Å²) in [6.07, 6.45) is 0. The summed E-state index contributed by atoms with van der Waals surface area (Å²) < 4.78 is 0. The Balaban J connectivity index is -0.000000245. The van der Waals surface area contributed by atoms with E-state index < -0.39 is 34.6 Å². The minimum atomic E-state index is -1.82. The molecule has 1 aromatic carbocycles. The van der Waals surface area contributed by atoms with Gasteiger partial charge >= 0.3 is 39.0 Å². The second-order valence-electron chi connectivity index (χ2n) is 2.42. The second kappa shape index (κ2) is 9.91. The van der Waals surface area contributed by atoms with Crippen LogP contribution >= 0.6 is 0 Å². The van der Waals surface area contributed by atoms with E-state index in [2.05, 4.69) is 0 Å². The summed E-state index contributed by atoms with van der Waals surface area (Å²) in [7, 11) is 0. The molecule has 0 bridgehead atoms. The molecule has 8 nitrogen and oxygen atoms in total. The first kappa shape index (κ1) is 25.7. The molecule has 1 rings (SSSR count). The molecule has 0 aliphatic carbocycles. The number of benzene rings is 1. The zero-order valence-electron chi connectivity index (χ0n) is 9.17. The SMILES string of the molecule is O=C([O-])c1cc([O-])c(C(=O)[O-])cc1[O-].[OH3+].[OH3+].[Zn+2].[Zn+2]. The van der Waals surface area contributed by atoms with Gasteiger partial charge in [-0.1, -0.05) is 23.6 Å². The molecule has 0 heterocycles. The van der Waals surface area contributed by atoms with E-state index in [-0.39, 0.29) is 49.9 Å². The van der Waals surface area contributed by atoms with E-state index in [0.29, 0.717) is 12.1 Å². The minimum Gasteiger partial charge on any atom is -0.872 e. The van der Waals surface area contributed by atoms with Gasteiger partial charge in [0.1, 0.15) is 0 Å². The van der Waals surface area contributed by atoms with Gasteiger partial charge < -0.3 is 41.0 Å². The number of carbonyl (C=O) groups excluding carboxylic acids is 2. The van der Waals surface area contributed by atoms with Crippen LogP contribution in [0.15, 0.2) is 12.1 Å². The van der Waals surface area contributed by atoms with Crippen LogP contribution in [0.1, 0.15) is 20.7 Å². The van der Waals surface area contributed by atoms with Crippen molar-refractivity contribution in [3.05, 3.63) is 23.3 Å². The zero-order valence-corrected chi connectivity index (χ0v) is 15.1. The molecule has 0 radical (unpaired) electrons. The Morgan fingerprint density at radius 2 is 1.00 bits per heavy atom. The molecular weight excluding hydrogens is 355 g/mol. The van der Waals surface area contributed by atoms with Gasteiger partial charge in [-0.05, 0) is 11.1 Å². The van der Waals surface area contributed by atoms with Crippen LogP contribution < -0.4 is 20.4 Å². The molecule has 0 aliphatic heterocycles. The number of hydrogen-bond acceptors (Lipinski definition) is 6. The quantitative estimate of drug-likeness (QED) is 0.372. The van der Waals surface area contributed by atoms with Crippen LogP contribution in [-0.2, 0) is 49.9 Å². The Hall–Kier alpha value is -1.07. The molecule has 0 atom stereocenters. The standard InChI is InChI=1S/C8H6O6.2H2O.2Zn/c9-5-1-3(7(11)12)6(10)2-4(5)8(13)14;;;;/h1-2,9-10H,(H,11,12)(H,13,14);2*1H2;;/q;;;2*+2/p-2. The van der Waals surface area contributed by atoms with Gasteiger partial charge in [-0.25, -0.2) is 0 Å². The molecule has 6 N–H and O–H groups in total. The van der Waals surface area contributed by atoms with Crippen molar-refractivity contribution in [2.75, 3.05) is 0 Å². The summed E-state index contributed by atoms with van der Waals surface area (Å²) in [5.74, 6) is -5.83. The summed E-state index contributed by atoms with van der Waals surface area (Å²) in [5, 5.41) is 42.3. The molecule has 0 spiro atoms. The number of carbonyl (C=O) groups is 2. The molecular formula is C8H8O8Zn2+2. The molecule has 0 aliphatic rings. The Kier molecular flexibility index (Phi) is 14.1. The van der Waals surface area contributed by atoms with E-state index in [4.69, 9.17) is 0 Å². The van der Waals surface area contributed by atoms with Gasteiger partial charge in [-0.3, -0.25) is 0 Å². The Morgan fingerprint density at radius 1 is 0.778 bits per heavy atom. The third kappa shape index (κ3) is 5.51. The first-order valence-corrected chi connectivity index (χ1v) is 3.38. The van der Waals surface area contributed by atoms with E-state index in [9.17, 15) is 30.0 Å². The molecule has 90 valence electrons. The normalized spacial score (nSPS) is 7.56. The monoisotopic (exact) mass is 360 g/mol. The van der Waals surface area contributed by atoms with E-state index in [1.165, 1.54) is 0 Å². The van der Waals surface area contributed by atoms with Crippen molar-refractivity contribution in [2.45, 2.75) is 0 Å². The predicted molar refractivity (Wildman–Crippen MR) is 43.7 cm³/mol. The summed E-state index contributed by atoms with van der Waals surface area (Å²) in [6, 6.07) is 0.811. The van der Waals surface area contributed by atoms with E-state index >= 15 is 0 Å². The molecule has 0 amide bonds. The maximum atomic E-state index is 10.9. The molecule has 0 unspecified atom stereocenters. The van der Waals surface area contributed by atoms with Crippen molar-refractivity contribution in [3.8, 4) is 11.5 Å². The minimum absolute atomic E-state index is 0. The summed E-state index contributed by atoms with van der Waals surface area (Å²) in [4.78, 5) is 20.5. The molecule has 18 heavy (non-hydrogen) atoms. The molecule has 0 saturated heterocycles. The molecule has 1 aromatic rings. The fraction of sp³-hybridized carbons (Fsp3) is 0. The number of hydrogen-bond donors (Lipinski definition) is 0. The van der Waals surface area contributed by atoms with Crippen LogP contribution in [0.3, 0.4) is 0 Å².